The number of nitrogens with zero attached hydrogens (tertiary/aromatic N) is 2. The van der Waals surface area contributed by atoms with Crippen molar-refractivity contribution >= 4 is 11.6 Å². The molecule has 2 rings (SSSR count). The number of hydrogen-bond acceptors (Lipinski definition) is 2. The number of pyridine rings is 1. The highest BCUT2D eigenvalue weighted by molar-refractivity contribution is 6.29. The summed E-state index contributed by atoms with van der Waals surface area (Å²) in [6, 6.07) is 3.94. The monoisotopic (exact) mass is 238 g/mol. The summed E-state index contributed by atoms with van der Waals surface area (Å²) >= 11 is 5.77. The SMILES string of the molecule is CC(C)C1CCN(Cc2ccc(Cl)nc2)C1. The van der Waals surface area contributed by atoms with Gasteiger partial charge in [0.1, 0.15) is 5.15 Å². The van der Waals surface area contributed by atoms with Crippen LogP contribution in [0.5, 0.6) is 0 Å². The van der Waals surface area contributed by atoms with Gasteiger partial charge in [-0.05, 0) is 36.4 Å². The highest BCUT2D eigenvalue weighted by Gasteiger charge is 2.24. The van der Waals surface area contributed by atoms with Crippen LogP contribution in [0, 0.1) is 11.8 Å². The van der Waals surface area contributed by atoms with Gasteiger partial charge in [0.25, 0.3) is 0 Å². The second kappa shape index (κ2) is 5.15. The number of hydrogen-bond donors (Lipinski definition) is 0. The van der Waals surface area contributed by atoms with Gasteiger partial charge in [-0.1, -0.05) is 31.5 Å². The number of halogens is 1. The fraction of sp³-hybridized carbons (Fsp3) is 0.615. The minimum Gasteiger partial charge on any atom is -0.299 e. The van der Waals surface area contributed by atoms with Crippen molar-refractivity contribution in [3.8, 4) is 0 Å². The number of rotatable bonds is 3. The highest BCUT2D eigenvalue weighted by atomic mass is 35.5. The predicted molar refractivity (Wildman–Crippen MR) is 67.5 cm³/mol. The van der Waals surface area contributed by atoms with Gasteiger partial charge >= 0.3 is 0 Å². The zero-order valence-electron chi connectivity index (χ0n) is 9.99. The van der Waals surface area contributed by atoms with Crippen molar-refractivity contribution in [1.29, 1.82) is 0 Å². The first kappa shape index (κ1) is 11.9. The molecule has 0 N–H and O–H groups in total. The molecule has 1 aromatic rings. The lowest BCUT2D eigenvalue weighted by Gasteiger charge is -2.17. The highest BCUT2D eigenvalue weighted by Crippen LogP contribution is 2.24. The van der Waals surface area contributed by atoms with E-state index in [1.807, 2.05) is 12.3 Å². The second-order valence-electron chi connectivity index (χ2n) is 5.02. The predicted octanol–water partition coefficient (Wildman–Crippen LogP) is 3.21. The molecule has 1 aromatic heterocycles. The summed E-state index contributed by atoms with van der Waals surface area (Å²) < 4.78 is 0. The van der Waals surface area contributed by atoms with Gasteiger partial charge in [-0.2, -0.15) is 0 Å². The van der Waals surface area contributed by atoms with Crippen molar-refractivity contribution in [3.05, 3.63) is 29.0 Å². The number of aromatic nitrogens is 1. The summed E-state index contributed by atoms with van der Waals surface area (Å²) in [5, 5.41) is 0.574. The molecule has 1 aliphatic rings. The molecule has 88 valence electrons. The lowest BCUT2D eigenvalue weighted by molar-refractivity contribution is 0.296. The second-order valence-corrected chi connectivity index (χ2v) is 5.40. The Morgan fingerprint density at radius 2 is 2.31 bits per heavy atom. The van der Waals surface area contributed by atoms with E-state index in [4.69, 9.17) is 11.6 Å². The molecular formula is C13H19ClN2. The van der Waals surface area contributed by atoms with E-state index in [-0.39, 0.29) is 0 Å². The first-order valence-corrected chi connectivity index (χ1v) is 6.35. The van der Waals surface area contributed by atoms with Crippen LogP contribution in [0.3, 0.4) is 0 Å². The Morgan fingerprint density at radius 1 is 1.50 bits per heavy atom. The van der Waals surface area contributed by atoms with Gasteiger partial charge in [-0.3, -0.25) is 4.90 Å². The Kier molecular flexibility index (Phi) is 3.82. The third-order valence-corrected chi connectivity index (χ3v) is 3.67. The summed E-state index contributed by atoms with van der Waals surface area (Å²) in [6.07, 6.45) is 3.21. The van der Waals surface area contributed by atoms with E-state index in [2.05, 4.69) is 29.8 Å². The Morgan fingerprint density at radius 3 is 2.88 bits per heavy atom. The molecule has 1 aliphatic heterocycles. The van der Waals surface area contributed by atoms with Crippen LogP contribution in [0.25, 0.3) is 0 Å². The maximum atomic E-state index is 5.77. The molecule has 0 bridgehead atoms. The summed E-state index contributed by atoms with van der Waals surface area (Å²) in [7, 11) is 0. The van der Waals surface area contributed by atoms with Crippen LogP contribution in [-0.4, -0.2) is 23.0 Å². The van der Waals surface area contributed by atoms with Crippen LogP contribution in [0.15, 0.2) is 18.3 Å². The molecule has 0 aromatic carbocycles. The van der Waals surface area contributed by atoms with Crippen molar-refractivity contribution in [2.24, 2.45) is 11.8 Å². The van der Waals surface area contributed by atoms with E-state index in [0.29, 0.717) is 5.15 Å². The van der Waals surface area contributed by atoms with Crippen LogP contribution < -0.4 is 0 Å². The Balaban J connectivity index is 1.89. The summed E-state index contributed by atoms with van der Waals surface area (Å²) in [5.41, 5.74) is 1.26. The minimum atomic E-state index is 0.574. The van der Waals surface area contributed by atoms with E-state index in [9.17, 15) is 0 Å². The van der Waals surface area contributed by atoms with E-state index < -0.39 is 0 Å². The minimum absolute atomic E-state index is 0.574. The van der Waals surface area contributed by atoms with Crippen LogP contribution in [-0.2, 0) is 6.54 Å². The largest absolute Gasteiger partial charge is 0.299 e. The maximum absolute atomic E-state index is 5.77. The van der Waals surface area contributed by atoms with Crippen LogP contribution >= 0.6 is 11.6 Å². The summed E-state index contributed by atoms with van der Waals surface area (Å²) in [6.45, 7) is 8.08. The summed E-state index contributed by atoms with van der Waals surface area (Å²) in [5.74, 6) is 1.66. The van der Waals surface area contributed by atoms with Gasteiger partial charge in [0.05, 0.1) is 0 Å². The van der Waals surface area contributed by atoms with Crippen molar-refractivity contribution in [3.63, 3.8) is 0 Å². The molecule has 0 spiro atoms. The van der Waals surface area contributed by atoms with Gasteiger partial charge in [0.15, 0.2) is 0 Å². The average molecular weight is 239 g/mol. The van der Waals surface area contributed by atoms with Gasteiger partial charge in [-0.15, -0.1) is 0 Å². The van der Waals surface area contributed by atoms with Crippen LogP contribution in [0.2, 0.25) is 5.15 Å². The number of likely N-dealkylation sites (tertiary alicyclic amines) is 1. The molecule has 2 nitrogen and oxygen atoms in total. The lowest BCUT2D eigenvalue weighted by Crippen LogP contribution is -2.21. The van der Waals surface area contributed by atoms with E-state index in [1.54, 1.807) is 0 Å². The van der Waals surface area contributed by atoms with Crippen LogP contribution in [0.1, 0.15) is 25.8 Å². The third-order valence-electron chi connectivity index (χ3n) is 3.45. The van der Waals surface area contributed by atoms with Crippen molar-refractivity contribution in [1.82, 2.24) is 9.88 Å². The van der Waals surface area contributed by atoms with E-state index in [0.717, 1.165) is 18.4 Å². The van der Waals surface area contributed by atoms with E-state index >= 15 is 0 Å². The van der Waals surface area contributed by atoms with Gasteiger partial charge < -0.3 is 0 Å². The molecule has 0 aliphatic carbocycles. The van der Waals surface area contributed by atoms with Crippen molar-refractivity contribution < 1.29 is 0 Å². The lowest BCUT2D eigenvalue weighted by atomic mass is 9.95. The zero-order chi connectivity index (χ0) is 11.5. The van der Waals surface area contributed by atoms with Crippen molar-refractivity contribution in [2.75, 3.05) is 13.1 Å². The van der Waals surface area contributed by atoms with E-state index in [1.165, 1.54) is 25.1 Å². The first-order valence-electron chi connectivity index (χ1n) is 5.98. The molecule has 2 heterocycles. The molecule has 16 heavy (non-hydrogen) atoms. The maximum Gasteiger partial charge on any atom is 0.129 e. The molecule has 1 atom stereocenters. The quantitative estimate of drug-likeness (QED) is 0.752. The Hall–Kier alpha value is -0.600. The topological polar surface area (TPSA) is 16.1 Å². The zero-order valence-corrected chi connectivity index (χ0v) is 10.7. The third kappa shape index (κ3) is 2.96. The molecular weight excluding hydrogens is 220 g/mol. The first-order chi connectivity index (χ1) is 7.65. The summed E-state index contributed by atoms with van der Waals surface area (Å²) in [4.78, 5) is 6.62. The molecule has 1 saturated heterocycles. The fourth-order valence-electron chi connectivity index (χ4n) is 2.31. The smallest absolute Gasteiger partial charge is 0.129 e. The van der Waals surface area contributed by atoms with Gasteiger partial charge in [0.2, 0.25) is 0 Å². The standard InChI is InChI=1S/C13H19ClN2/c1-10(2)12-5-6-16(9-12)8-11-3-4-13(14)15-7-11/h3-4,7,10,12H,5-6,8-9H2,1-2H3. The molecule has 1 fully saturated rings. The van der Waals surface area contributed by atoms with Gasteiger partial charge in [0, 0.05) is 19.3 Å². The molecule has 3 heteroatoms. The fourth-order valence-corrected chi connectivity index (χ4v) is 2.42. The Bertz CT molecular complexity index is 334. The molecule has 1 unspecified atom stereocenters. The average Bonchev–Trinajstić information content (AvgIpc) is 2.70. The molecule has 0 radical (unpaired) electrons. The molecule has 0 amide bonds. The van der Waals surface area contributed by atoms with Crippen molar-refractivity contribution in [2.45, 2.75) is 26.8 Å². The molecule has 0 saturated carbocycles. The normalized spacial score (nSPS) is 21.9. The van der Waals surface area contributed by atoms with Crippen LogP contribution in [0.4, 0.5) is 0 Å². The Labute approximate surface area is 103 Å². The van der Waals surface area contributed by atoms with Gasteiger partial charge in [-0.25, -0.2) is 4.98 Å².